The number of ether oxygens (including phenoxy) is 2. The summed E-state index contributed by atoms with van der Waals surface area (Å²) in [7, 11) is 1.37. The first-order chi connectivity index (χ1) is 9.03. The van der Waals surface area contributed by atoms with Crippen LogP contribution in [0.5, 0.6) is 11.5 Å². The number of carbonyl (C=O) groups is 1. The van der Waals surface area contributed by atoms with Crippen molar-refractivity contribution in [2.24, 2.45) is 5.92 Å². The van der Waals surface area contributed by atoms with Gasteiger partial charge in [0.1, 0.15) is 0 Å². The molecule has 1 rings (SSSR count). The van der Waals surface area contributed by atoms with Crippen LogP contribution in [0.1, 0.15) is 17.3 Å². The van der Waals surface area contributed by atoms with E-state index in [1.807, 2.05) is 0 Å². The molecule has 0 aliphatic rings. The first-order valence-electron chi connectivity index (χ1n) is 5.58. The largest absolute Gasteiger partial charge is 0.493 e. The molecule has 1 atom stereocenters. The lowest BCUT2D eigenvalue weighted by atomic mass is 10.1. The van der Waals surface area contributed by atoms with E-state index < -0.39 is 4.92 Å². The lowest BCUT2D eigenvalue weighted by molar-refractivity contribution is -0.385. The number of carbonyl (C=O) groups excluding carboxylic acids is 1. The van der Waals surface area contributed by atoms with Crippen molar-refractivity contribution in [1.29, 1.82) is 0 Å². The highest BCUT2D eigenvalue weighted by molar-refractivity contribution is 5.83. The molecule has 0 aliphatic heterocycles. The summed E-state index contributed by atoms with van der Waals surface area (Å²) in [5.74, 6) is 0.285. The molecule has 1 unspecified atom stereocenters. The summed E-state index contributed by atoms with van der Waals surface area (Å²) in [6.07, 6.45) is 0.390. The maximum Gasteiger partial charge on any atom is 0.283 e. The smallest absolute Gasteiger partial charge is 0.283 e. The molecule has 19 heavy (non-hydrogen) atoms. The number of aliphatic hydroxyl groups excluding tert-OH is 1. The van der Waals surface area contributed by atoms with E-state index >= 15 is 0 Å². The van der Waals surface area contributed by atoms with E-state index in [0.717, 1.165) is 6.07 Å². The van der Waals surface area contributed by atoms with E-state index in [0.29, 0.717) is 6.29 Å². The maximum absolute atomic E-state index is 10.8. The Bertz CT molecular complexity index is 474. The van der Waals surface area contributed by atoms with Gasteiger partial charge in [0.15, 0.2) is 17.8 Å². The number of benzene rings is 1. The summed E-state index contributed by atoms with van der Waals surface area (Å²) < 4.78 is 10.4. The summed E-state index contributed by atoms with van der Waals surface area (Å²) in [6, 6.07) is 2.40. The lowest BCUT2D eigenvalue weighted by Crippen LogP contribution is -2.13. The Hall–Kier alpha value is -2.15. The zero-order valence-electron chi connectivity index (χ0n) is 10.7. The van der Waals surface area contributed by atoms with Gasteiger partial charge in [-0.2, -0.15) is 0 Å². The third-order valence-electron chi connectivity index (χ3n) is 2.47. The number of hydrogen-bond acceptors (Lipinski definition) is 6. The highest BCUT2D eigenvalue weighted by atomic mass is 16.6. The monoisotopic (exact) mass is 269 g/mol. The lowest BCUT2D eigenvalue weighted by Gasteiger charge is -2.13. The molecule has 0 fully saturated rings. The number of rotatable bonds is 7. The van der Waals surface area contributed by atoms with Crippen LogP contribution in [0.4, 0.5) is 5.69 Å². The third-order valence-corrected chi connectivity index (χ3v) is 2.47. The Morgan fingerprint density at radius 3 is 2.63 bits per heavy atom. The van der Waals surface area contributed by atoms with Gasteiger partial charge in [0, 0.05) is 18.6 Å². The normalized spacial score (nSPS) is 11.7. The van der Waals surface area contributed by atoms with Crippen LogP contribution in [-0.4, -0.2) is 36.6 Å². The molecule has 0 saturated heterocycles. The van der Waals surface area contributed by atoms with Crippen LogP contribution in [0.2, 0.25) is 0 Å². The zero-order valence-corrected chi connectivity index (χ0v) is 10.7. The van der Waals surface area contributed by atoms with Crippen molar-refractivity contribution >= 4 is 12.0 Å². The second-order valence-electron chi connectivity index (χ2n) is 4.04. The van der Waals surface area contributed by atoms with Crippen molar-refractivity contribution in [2.75, 3.05) is 20.3 Å². The minimum atomic E-state index is -0.661. The van der Waals surface area contributed by atoms with Gasteiger partial charge in [0.2, 0.25) is 0 Å². The standard InChI is InChI=1S/C12H15NO6/c1-8(5-14)7-19-12-4-10(13(16)17)9(6-15)3-11(12)18-2/h3-4,6,8,14H,5,7H2,1-2H3. The number of aldehydes is 1. The van der Waals surface area contributed by atoms with E-state index in [4.69, 9.17) is 14.6 Å². The maximum atomic E-state index is 10.8. The fraction of sp³-hybridized carbons (Fsp3) is 0.417. The molecule has 0 spiro atoms. The zero-order chi connectivity index (χ0) is 14.4. The highest BCUT2D eigenvalue weighted by Crippen LogP contribution is 2.34. The van der Waals surface area contributed by atoms with Gasteiger partial charge in [-0.3, -0.25) is 14.9 Å². The van der Waals surface area contributed by atoms with E-state index in [-0.39, 0.29) is 41.9 Å². The van der Waals surface area contributed by atoms with Crippen LogP contribution in [0.15, 0.2) is 12.1 Å². The molecular formula is C12H15NO6. The van der Waals surface area contributed by atoms with E-state index in [1.54, 1.807) is 6.92 Å². The Morgan fingerprint density at radius 1 is 1.47 bits per heavy atom. The van der Waals surface area contributed by atoms with Crippen LogP contribution in [0, 0.1) is 16.0 Å². The molecule has 1 aromatic rings. The van der Waals surface area contributed by atoms with E-state index in [1.165, 1.54) is 13.2 Å². The highest BCUT2D eigenvalue weighted by Gasteiger charge is 2.19. The van der Waals surface area contributed by atoms with Crippen molar-refractivity contribution in [3.05, 3.63) is 27.8 Å². The number of nitrogens with zero attached hydrogens (tertiary/aromatic N) is 1. The van der Waals surface area contributed by atoms with Crippen LogP contribution in [-0.2, 0) is 0 Å². The Morgan fingerprint density at radius 2 is 2.16 bits per heavy atom. The molecular weight excluding hydrogens is 254 g/mol. The Balaban J connectivity index is 3.11. The van der Waals surface area contributed by atoms with Gasteiger partial charge in [-0.1, -0.05) is 6.92 Å². The molecule has 0 saturated carbocycles. The first-order valence-corrected chi connectivity index (χ1v) is 5.58. The van der Waals surface area contributed by atoms with Crippen molar-refractivity contribution in [2.45, 2.75) is 6.92 Å². The molecule has 0 aromatic heterocycles. The molecule has 7 nitrogen and oxygen atoms in total. The van der Waals surface area contributed by atoms with Crippen molar-refractivity contribution in [1.82, 2.24) is 0 Å². The molecule has 0 aliphatic carbocycles. The second kappa shape index (κ2) is 6.69. The quantitative estimate of drug-likeness (QED) is 0.456. The predicted molar refractivity (Wildman–Crippen MR) is 66.8 cm³/mol. The molecule has 7 heteroatoms. The number of hydrogen-bond donors (Lipinski definition) is 1. The van der Waals surface area contributed by atoms with Gasteiger partial charge in [0.05, 0.1) is 30.3 Å². The van der Waals surface area contributed by atoms with Gasteiger partial charge in [-0.25, -0.2) is 0 Å². The van der Waals surface area contributed by atoms with Gasteiger partial charge in [-0.15, -0.1) is 0 Å². The molecule has 0 heterocycles. The average molecular weight is 269 g/mol. The fourth-order valence-electron chi connectivity index (χ4n) is 1.37. The van der Waals surface area contributed by atoms with E-state index in [9.17, 15) is 14.9 Å². The van der Waals surface area contributed by atoms with Gasteiger partial charge in [-0.05, 0) is 0 Å². The molecule has 0 radical (unpaired) electrons. The molecule has 1 N–H and O–H groups in total. The summed E-state index contributed by atoms with van der Waals surface area (Å²) in [6.45, 7) is 1.89. The van der Waals surface area contributed by atoms with Gasteiger partial charge in [0.25, 0.3) is 5.69 Å². The minimum Gasteiger partial charge on any atom is -0.493 e. The Kier molecular flexibility index (Phi) is 5.25. The van der Waals surface area contributed by atoms with Crippen molar-refractivity contribution in [3.63, 3.8) is 0 Å². The van der Waals surface area contributed by atoms with Crippen molar-refractivity contribution in [3.8, 4) is 11.5 Å². The molecule has 0 bridgehead atoms. The minimum absolute atomic E-state index is 0.0587. The van der Waals surface area contributed by atoms with Gasteiger partial charge >= 0.3 is 0 Å². The van der Waals surface area contributed by atoms with Crippen LogP contribution < -0.4 is 9.47 Å². The van der Waals surface area contributed by atoms with E-state index in [2.05, 4.69) is 0 Å². The predicted octanol–water partition coefficient (Wildman–Crippen LogP) is 1.42. The number of aliphatic hydroxyl groups is 1. The number of nitro benzene ring substituents is 1. The summed E-state index contributed by atoms with van der Waals surface area (Å²) in [5.41, 5.74) is -0.424. The van der Waals surface area contributed by atoms with Gasteiger partial charge < -0.3 is 14.6 Å². The Labute approximate surface area is 109 Å². The SMILES string of the molecule is COc1cc(C=O)c([N+](=O)[O-])cc1OCC(C)CO. The molecule has 0 amide bonds. The topological polar surface area (TPSA) is 98.9 Å². The molecule has 1 aromatic carbocycles. The van der Waals surface area contributed by atoms with Crippen LogP contribution >= 0.6 is 0 Å². The summed E-state index contributed by atoms with van der Waals surface area (Å²) >= 11 is 0. The second-order valence-corrected chi connectivity index (χ2v) is 4.04. The number of nitro groups is 1. The third kappa shape index (κ3) is 3.65. The summed E-state index contributed by atoms with van der Waals surface area (Å²) in [5, 5.41) is 19.7. The van der Waals surface area contributed by atoms with Crippen molar-refractivity contribution < 1.29 is 24.3 Å². The number of methoxy groups -OCH3 is 1. The average Bonchev–Trinajstić information content (AvgIpc) is 2.43. The van der Waals surface area contributed by atoms with Crippen LogP contribution in [0.25, 0.3) is 0 Å². The molecule has 104 valence electrons. The van der Waals surface area contributed by atoms with Crippen LogP contribution in [0.3, 0.4) is 0 Å². The first kappa shape index (κ1) is 14.9. The summed E-state index contributed by atoms with van der Waals surface area (Å²) in [4.78, 5) is 21.0. The fourth-order valence-corrected chi connectivity index (χ4v) is 1.37.